The number of hydrogen-bond donors (Lipinski definition) is 1. The minimum Gasteiger partial charge on any atom is -0.367 e. The number of rotatable bonds is 0. The van der Waals surface area contributed by atoms with Crippen LogP contribution in [0.5, 0.6) is 0 Å². The fraction of sp³-hybridized carbons (Fsp3) is 0.500. The van der Waals surface area contributed by atoms with Gasteiger partial charge in [0, 0.05) is 13.1 Å². The summed E-state index contributed by atoms with van der Waals surface area (Å²) in [5.74, 6) is -0.153. The van der Waals surface area contributed by atoms with Gasteiger partial charge < -0.3 is 10.0 Å². The first-order valence-corrected chi connectivity index (χ1v) is 2.73. The third kappa shape index (κ3) is 0.833. The molecule has 0 saturated carbocycles. The van der Waals surface area contributed by atoms with E-state index in [1.54, 1.807) is 14.0 Å². The molecule has 1 aliphatic rings. The lowest BCUT2D eigenvalue weighted by molar-refractivity contribution is -0.135. The fourth-order valence-electron chi connectivity index (χ4n) is 0.676. The van der Waals surface area contributed by atoms with Crippen LogP contribution in [0, 0.1) is 0 Å². The summed E-state index contributed by atoms with van der Waals surface area (Å²) in [4.78, 5) is 11.9. The highest BCUT2D eigenvalue weighted by Gasteiger charge is 2.30. The average Bonchev–Trinajstić information content (AvgIpc) is 1.97. The van der Waals surface area contributed by atoms with Gasteiger partial charge in [-0.05, 0) is 13.0 Å². The molecule has 0 fully saturated rings. The number of amides is 1. The molecule has 3 nitrogen and oxygen atoms in total. The van der Waals surface area contributed by atoms with Crippen LogP contribution in [0.3, 0.4) is 0 Å². The van der Waals surface area contributed by atoms with Gasteiger partial charge in [-0.2, -0.15) is 0 Å². The lowest BCUT2D eigenvalue weighted by Gasteiger charge is -2.24. The van der Waals surface area contributed by atoms with Crippen molar-refractivity contribution in [1.29, 1.82) is 0 Å². The Kier molecular flexibility index (Phi) is 1.10. The van der Waals surface area contributed by atoms with Crippen molar-refractivity contribution in [2.45, 2.75) is 12.6 Å². The lowest BCUT2D eigenvalue weighted by Crippen LogP contribution is -2.40. The molecule has 0 aromatic heterocycles. The minimum atomic E-state index is -1.07. The predicted molar refractivity (Wildman–Crippen MR) is 32.5 cm³/mol. The van der Waals surface area contributed by atoms with E-state index in [-0.39, 0.29) is 5.91 Å². The molecule has 1 amide bonds. The second-order valence-corrected chi connectivity index (χ2v) is 2.32. The highest BCUT2D eigenvalue weighted by atomic mass is 16.3. The van der Waals surface area contributed by atoms with Crippen molar-refractivity contribution in [1.82, 2.24) is 4.90 Å². The van der Waals surface area contributed by atoms with Crippen molar-refractivity contribution in [2.75, 3.05) is 7.05 Å². The number of likely N-dealkylation sites (N-methyl/N-ethyl adjacent to an activating group) is 1. The first-order valence-electron chi connectivity index (χ1n) is 2.73. The van der Waals surface area contributed by atoms with E-state index in [1.807, 2.05) is 0 Å². The maximum atomic E-state index is 10.7. The quantitative estimate of drug-likeness (QED) is 0.486. The van der Waals surface area contributed by atoms with Crippen molar-refractivity contribution in [3.05, 3.63) is 12.2 Å². The molecule has 1 unspecified atom stereocenters. The summed E-state index contributed by atoms with van der Waals surface area (Å²) in [6.45, 7) is 1.56. The topological polar surface area (TPSA) is 40.5 Å². The number of aliphatic hydroxyl groups is 1. The standard InChI is InChI=1S/C6H9NO2/c1-6(9)4-3-5(8)7(6)2/h3-4,9H,1-2H3. The number of carbonyl (C=O) groups excluding carboxylic acids is 1. The van der Waals surface area contributed by atoms with Crippen molar-refractivity contribution < 1.29 is 9.90 Å². The van der Waals surface area contributed by atoms with E-state index in [9.17, 15) is 9.90 Å². The zero-order chi connectivity index (χ0) is 7.07. The van der Waals surface area contributed by atoms with Gasteiger partial charge in [0.05, 0.1) is 0 Å². The SMILES string of the molecule is CN1C(=O)C=CC1(C)O. The zero-order valence-corrected chi connectivity index (χ0v) is 5.46. The van der Waals surface area contributed by atoms with Crippen molar-refractivity contribution in [3.8, 4) is 0 Å². The number of hydrogen-bond acceptors (Lipinski definition) is 2. The normalized spacial score (nSPS) is 34.1. The van der Waals surface area contributed by atoms with E-state index < -0.39 is 5.72 Å². The zero-order valence-electron chi connectivity index (χ0n) is 5.46. The monoisotopic (exact) mass is 127 g/mol. The molecule has 0 aromatic rings. The largest absolute Gasteiger partial charge is 0.367 e. The van der Waals surface area contributed by atoms with E-state index >= 15 is 0 Å². The summed E-state index contributed by atoms with van der Waals surface area (Å²) in [5.41, 5.74) is -1.07. The molecule has 0 radical (unpaired) electrons. The Morgan fingerprint density at radius 2 is 2.33 bits per heavy atom. The maximum absolute atomic E-state index is 10.7. The highest BCUT2D eigenvalue weighted by molar-refractivity contribution is 5.90. The van der Waals surface area contributed by atoms with Gasteiger partial charge >= 0.3 is 0 Å². The van der Waals surface area contributed by atoms with Crippen LogP contribution in [0.25, 0.3) is 0 Å². The Morgan fingerprint density at radius 3 is 2.44 bits per heavy atom. The Morgan fingerprint density at radius 1 is 1.78 bits per heavy atom. The summed E-state index contributed by atoms with van der Waals surface area (Å²) in [5, 5.41) is 9.25. The van der Waals surface area contributed by atoms with Gasteiger partial charge in [0.25, 0.3) is 0 Å². The first kappa shape index (κ1) is 6.29. The van der Waals surface area contributed by atoms with Gasteiger partial charge in [-0.3, -0.25) is 4.79 Å². The van der Waals surface area contributed by atoms with Gasteiger partial charge in [0.15, 0.2) is 5.72 Å². The molecule has 1 atom stereocenters. The molecular weight excluding hydrogens is 118 g/mol. The molecule has 0 aromatic carbocycles. The van der Waals surface area contributed by atoms with Gasteiger partial charge in [-0.15, -0.1) is 0 Å². The minimum absolute atomic E-state index is 0.153. The van der Waals surface area contributed by atoms with Crippen molar-refractivity contribution >= 4 is 5.91 Å². The van der Waals surface area contributed by atoms with E-state index in [4.69, 9.17) is 0 Å². The third-order valence-electron chi connectivity index (χ3n) is 1.55. The number of carbonyl (C=O) groups is 1. The number of nitrogens with zero attached hydrogens (tertiary/aromatic N) is 1. The van der Waals surface area contributed by atoms with Crippen LogP contribution >= 0.6 is 0 Å². The van der Waals surface area contributed by atoms with E-state index in [0.29, 0.717) is 0 Å². The molecule has 0 spiro atoms. The molecule has 9 heavy (non-hydrogen) atoms. The molecule has 50 valence electrons. The van der Waals surface area contributed by atoms with Gasteiger partial charge in [-0.25, -0.2) is 0 Å². The second kappa shape index (κ2) is 1.57. The van der Waals surface area contributed by atoms with Crippen LogP contribution in [0.15, 0.2) is 12.2 Å². The summed E-state index contributed by atoms with van der Waals surface area (Å²) in [6.07, 6.45) is 2.83. The van der Waals surface area contributed by atoms with E-state index in [1.165, 1.54) is 17.1 Å². The molecule has 1 rings (SSSR count). The van der Waals surface area contributed by atoms with Crippen LogP contribution in [-0.4, -0.2) is 28.7 Å². The van der Waals surface area contributed by atoms with Crippen molar-refractivity contribution in [3.63, 3.8) is 0 Å². The Bertz CT molecular complexity index is 172. The Hall–Kier alpha value is -0.830. The van der Waals surface area contributed by atoms with Gasteiger partial charge in [0.1, 0.15) is 0 Å². The van der Waals surface area contributed by atoms with Crippen LogP contribution in [-0.2, 0) is 4.79 Å². The Balaban J connectivity index is 2.86. The third-order valence-corrected chi connectivity index (χ3v) is 1.55. The summed E-state index contributed by atoms with van der Waals surface area (Å²) < 4.78 is 0. The van der Waals surface area contributed by atoms with Crippen LogP contribution < -0.4 is 0 Å². The summed E-state index contributed by atoms with van der Waals surface area (Å²) >= 11 is 0. The summed E-state index contributed by atoms with van der Waals surface area (Å²) in [6, 6.07) is 0. The van der Waals surface area contributed by atoms with Crippen LogP contribution in [0.4, 0.5) is 0 Å². The average molecular weight is 127 g/mol. The highest BCUT2D eigenvalue weighted by Crippen LogP contribution is 2.16. The maximum Gasteiger partial charge on any atom is 0.248 e. The predicted octanol–water partition coefficient (Wildman–Crippen LogP) is -0.277. The molecule has 0 saturated heterocycles. The van der Waals surface area contributed by atoms with Crippen LogP contribution in [0.2, 0.25) is 0 Å². The first-order chi connectivity index (χ1) is 4.04. The van der Waals surface area contributed by atoms with Gasteiger partial charge in [0.2, 0.25) is 5.91 Å². The molecule has 1 heterocycles. The molecule has 1 N–H and O–H groups in total. The molecule has 0 aliphatic carbocycles. The van der Waals surface area contributed by atoms with Crippen LogP contribution in [0.1, 0.15) is 6.92 Å². The van der Waals surface area contributed by atoms with E-state index in [0.717, 1.165) is 0 Å². The molecule has 1 aliphatic heterocycles. The lowest BCUT2D eigenvalue weighted by atomic mass is 10.3. The molecule has 3 heteroatoms. The Labute approximate surface area is 53.6 Å². The smallest absolute Gasteiger partial charge is 0.248 e. The van der Waals surface area contributed by atoms with Gasteiger partial charge in [-0.1, -0.05) is 0 Å². The molecular formula is C6H9NO2. The second-order valence-electron chi connectivity index (χ2n) is 2.32. The van der Waals surface area contributed by atoms with E-state index in [2.05, 4.69) is 0 Å². The van der Waals surface area contributed by atoms with Crippen molar-refractivity contribution in [2.24, 2.45) is 0 Å². The summed E-state index contributed by atoms with van der Waals surface area (Å²) in [7, 11) is 1.56. The molecule has 0 bridgehead atoms. The fourth-order valence-corrected chi connectivity index (χ4v) is 0.676.